The summed E-state index contributed by atoms with van der Waals surface area (Å²) in [6.45, 7) is 6.17. The number of piperazine rings is 1. The zero-order chi connectivity index (χ0) is 28.3. The molecule has 4 fully saturated rings. The zero-order valence-corrected chi connectivity index (χ0v) is 23.6. The number of nitrogens with zero attached hydrogens (tertiary/aromatic N) is 5. The highest BCUT2D eigenvalue weighted by atomic mass is 16.3. The van der Waals surface area contributed by atoms with Crippen molar-refractivity contribution in [3.8, 4) is 5.75 Å². The number of likely N-dealkylation sites (tertiary alicyclic amines) is 1. The van der Waals surface area contributed by atoms with Gasteiger partial charge in [0.15, 0.2) is 0 Å². The van der Waals surface area contributed by atoms with E-state index in [0.717, 1.165) is 93.7 Å². The van der Waals surface area contributed by atoms with E-state index in [4.69, 9.17) is 5.73 Å². The highest BCUT2D eigenvalue weighted by Gasteiger charge is 2.60. The van der Waals surface area contributed by atoms with Crippen LogP contribution in [0.4, 0.5) is 5.95 Å². The van der Waals surface area contributed by atoms with Crippen molar-refractivity contribution in [1.82, 2.24) is 24.8 Å². The predicted octanol–water partition coefficient (Wildman–Crippen LogP) is 2.78. The third-order valence-electron chi connectivity index (χ3n) is 9.50. The number of aromatic hydroxyl groups is 1. The first-order valence-electron chi connectivity index (χ1n) is 15.1. The summed E-state index contributed by atoms with van der Waals surface area (Å²) in [5, 5.41) is 10.4. The summed E-state index contributed by atoms with van der Waals surface area (Å²) in [7, 11) is 0. The minimum atomic E-state index is 0.0273. The van der Waals surface area contributed by atoms with Crippen molar-refractivity contribution in [3.05, 3.63) is 48.4 Å². The van der Waals surface area contributed by atoms with Crippen molar-refractivity contribution in [3.63, 3.8) is 0 Å². The molecule has 218 valence electrons. The van der Waals surface area contributed by atoms with Crippen molar-refractivity contribution in [1.29, 1.82) is 0 Å². The number of imide groups is 1. The first-order valence-corrected chi connectivity index (χ1v) is 15.1. The van der Waals surface area contributed by atoms with E-state index in [1.165, 1.54) is 0 Å². The van der Waals surface area contributed by atoms with Gasteiger partial charge in [0.05, 0.1) is 11.8 Å². The number of aromatic amines is 1. The van der Waals surface area contributed by atoms with Gasteiger partial charge in [-0.2, -0.15) is 0 Å². The Balaban J connectivity index is 0.000000195. The van der Waals surface area contributed by atoms with E-state index < -0.39 is 0 Å². The number of amides is 2. The molecule has 3 aromatic rings. The number of carbonyl (C=O) groups is 2. The van der Waals surface area contributed by atoms with Crippen LogP contribution in [0.15, 0.2) is 42.9 Å². The lowest BCUT2D eigenvalue weighted by Gasteiger charge is -2.34. The molecule has 4 aliphatic rings. The predicted molar refractivity (Wildman–Crippen MR) is 157 cm³/mol. The van der Waals surface area contributed by atoms with Crippen molar-refractivity contribution >= 4 is 28.7 Å². The molecule has 7 rings (SSSR count). The number of nitrogens with two attached hydrogens (primary N) is 1. The number of rotatable bonds is 8. The van der Waals surface area contributed by atoms with Crippen LogP contribution in [0, 0.1) is 23.7 Å². The molecular weight excluding hydrogens is 518 g/mol. The first kappa shape index (κ1) is 27.7. The molecule has 2 saturated carbocycles. The number of nitrogens with one attached hydrogen (secondary N) is 1. The smallest absolute Gasteiger partial charge is 0.233 e. The second-order valence-corrected chi connectivity index (χ2v) is 11.9. The van der Waals surface area contributed by atoms with Crippen LogP contribution in [0.1, 0.15) is 37.7 Å². The van der Waals surface area contributed by atoms with Crippen molar-refractivity contribution in [2.24, 2.45) is 29.4 Å². The SMILES string of the molecule is NCCc1c[nH]c2ccc(O)cc12.O=C1[C@@H]2[C@H]3CC[C@H](C3)[C@@H]2C(=O)N1CCCCN1CCN(c2ncccn2)CC1. The van der Waals surface area contributed by atoms with Gasteiger partial charge >= 0.3 is 0 Å². The molecule has 10 nitrogen and oxygen atoms in total. The maximum atomic E-state index is 12.7. The maximum Gasteiger partial charge on any atom is 0.233 e. The van der Waals surface area contributed by atoms with Crippen LogP contribution < -0.4 is 10.6 Å². The summed E-state index contributed by atoms with van der Waals surface area (Å²) < 4.78 is 0. The normalized spacial score (nSPS) is 25.6. The fourth-order valence-corrected chi connectivity index (χ4v) is 7.45. The summed E-state index contributed by atoms with van der Waals surface area (Å²) in [5.74, 6) is 2.41. The van der Waals surface area contributed by atoms with Gasteiger partial charge in [0, 0.05) is 62.2 Å². The van der Waals surface area contributed by atoms with Crippen LogP contribution in [-0.4, -0.2) is 87.5 Å². The lowest BCUT2D eigenvalue weighted by atomic mass is 9.81. The van der Waals surface area contributed by atoms with Crippen LogP contribution in [0.25, 0.3) is 10.9 Å². The van der Waals surface area contributed by atoms with E-state index in [1.54, 1.807) is 29.4 Å². The topological polar surface area (TPSA) is 132 Å². The van der Waals surface area contributed by atoms with Crippen LogP contribution in [0.2, 0.25) is 0 Å². The van der Waals surface area contributed by atoms with E-state index in [0.29, 0.717) is 30.7 Å². The number of hydrogen-bond acceptors (Lipinski definition) is 8. The summed E-state index contributed by atoms with van der Waals surface area (Å²) in [5.41, 5.74) is 7.68. The number of fused-ring (bicyclic) bond motifs is 6. The third kappa shape index (κ3) is 5.67. The molecule has 10 heteroatoms. The van der Waals surface area contributed by atoms with Gasteiger partial charge in [0.25, 0.3) is 0 Å². The van der Waals surface area contributed by atoms with Crippen LogP contribution in [-0.2, 0) is 16.0 Å². The molecule has 2 aromatic heterocycles. The van der Waals surface area contributed by atoms with E-state index in [2.05, 4.69) is 24.8 Å². The van der Waals surface area contributed by atoms with Crippen LogP contribution in [0.3, 0.4) is 0 Å². The lowest BCUT2D eigenvalue weighted by molar-refractivity contribution is -0.140. The molecule has 2 amide bonds. The minimum absolute atomic E-state index is 0.0273. The Morgan fingerprint density at radius 3 is 2.32 bits per heavy atom. The Labute approximate surface area is 240 Å². The van der Waals surface area contributed by atoms with Gasteiger partial charge in [-0.3, -0.25) is 19.4 Å². The quantitative estimate of drug-likeness (QED) is 0.284. The van der Waals surface area contributed by atoms with Gasteiger partial charge in [-0.25, -0.2) is 9.97 Å². The highest BCUT2D eigenvalue weighted by molar-refractivity contribution is 6.06. The van der Waals surface area contributed by atoms with E-state index in [-0.39, 0.29) is 23.7 Å². The molecular formula is C31H41N7O3. The number of phenolic OH excluding ortho intramolecular Hbond substituents is 1. The lowest BCUT2D eigenvalue weighted by Crippen LogP contribution is -2.47. The van der Waals surface area contributed by atoms with E-state index >= 15 is 0 Å². The molecule has 4 N–H and O–H groups in total. The molecule has 2 saturated heterocycles. The second-order valence-electron chi connectivity index (χ2n) is 11.9. The molecule has 0 radical (unpaired) electrons. The van der Waals surface area contributed by atoms with Gasteiger partial charge in [-0.1, -0.05) is 0 Å². The van der Waals surface area contributed by atoms with Gasteiger partial charge in [0.2, 0.25) is 17.8 Å². The Bertz CT molecular complexity index is 1330. The third-order valence-corrected chi connectivity index (χ3v) is 9.50. The molecule has 4 heterocycles. The van der Waals surface area contributed by atoms with E-state index in [9.17, 15) is 14.7 Å². The number of unbranched alkanes of at least 4 members (excludes halogenated alkanes) is 1. The number of H-pyrrole nitrogens is 1. The summed E-state index contributed by atoms with van der Waals surface area (Å²) in [4.78, 5) is 43.5. The number of phenols is 1. The Morgan fingerprint density at radius 1 is 0.951 bits per heavy atom. The van der Waals surface area contributed by atoms with E-state index in [1.807, 2.05) is 18.3 Å². The van der Waals surface area contributed by atoms with Gasteiger partial charge in [0.1, 0.15) is 5.75 Å². The zero-order valence-electron chi connectivity index (χ0n) is 23.6. The minimum Gasteiger partial charge on any atom is -0.508 e. The molecule has 2 aliphatic heterocycles. The fraction of sp³-hybridized carbons (Fsp3) is 0.548. The number of aromatic nitrogens is 3. The largest absolute Gasteiger partial charge is 0.508 e. The summed E-state index contributed by atoms with van der Waals surface area (Å²) in [6, 6.07) is 7.14. The van der Waals surface area contributed by atoms with Gasteiger partial charge in [-0.05, 0) is 93.3 Å². The van der Waals surface area contributed by atoms with Gasteiger partial charge in [-0.15, -0.1) is 0 Å². The Kier molecular flexibility index (Phi) is 8.20. The standard InChI is InChI=1S/C21H29N5O2.C10H12N2O/c27-19-17-15-4-5-16(14-15)18(17)20(28)26(19)9-2-1-8-24-10-12-25(13-11-24)21-22-6-3-7-23-21;11-4-3-7-6-12-10-2-1-8(13)5-9(7)10/h3,6-7,15-18H,1-2,4-5,8-14H2;1-2,5-6,12-13H,3-4,11H2/t15-,16+,17+,18-;. The number of hydrogen-bond donors (Lipinski definition) is 3. The number of anilines is 1. The van der Waals surface area contributed by atoms with Crippen molar-refractivity contribution < 1.29 is 14.7 Å². The Morgan fingerprint density at radius 2 is 1.63 bits per heavy atom. The molecule has 41 heavy (non-hydrogen) atoms. The number of benzene rings is 1. The fourth-order valence-electron chi connectivity index (χ4n) is 7.45. The highest BCUT2D eigenvalue weighted by Crippen LogP contribution is 2.56. The first-order chi connectivity index (χ1) is 20.0. The average Bonchev–Trinajstić information content (AvgIpc) is 3.77. The average molecular weight is 560 g/mol. The maximum absolute atomic E-state index is 12.7. The molecule has 1 aromatic carbocycles. The van der Waals surface area contributed by atoms with Crippen LogP contribution in [0.5, 0.6) is 5.75 Å². The van der Waals surface area contributed by atoms with Gasteiger partial charge < -0.3 is 20.7 Å². The summed E-state index contributed by atoms with van der Waals surface area (Å²) in [6.07, 6.45) is 11.7. The molecule has 0 spiro atoms. The molecule has 2 aliphatic carbocycles. The Hall–Kier alpha value is -3.50. The molecule has 2 bridgehead atoms. The molecule has 4 atom stereocenters. The van der Waals surface area contributed by atoms with Crippen molar-refractivity contribution in [2.45, 2.75) is 38.5 Å². The van der Waals surface area contributed by atoms with Crippen LogP contribution >= 0.6 is 0 Å². The summed E-state index contributed by atoms with van der Waals surface area (Å²) >= 11 is 0. The van der Waals surface area contributed by atoms with Crippen molar-refractivity contribution in [2.75, 3.05) is 50.7 Å². The monoisotopic (exact) mass is 559 g/mol. The number of carbonyl (C=O) groups excluding carboxylic acids is 2. The molecule has 0 unspecified atom stereocenters. The second kappa shape index (κ2) is 12.2.